The van der Waals surface area contributed by atoms with Crippen LogP contribution in [0.15, 0.2) is 24.3 Å². The second-order valence-corrected chi connectivity index (χ2v) is 28.8. The number of hydrogen-bond donors (Lipinski definition) is 0. The molecule has 0 amide bonds. The quantitative estimate of drug-likeness (QED) is 0.0464. The Morgan fingerprint density at radius 3 is 0.375 bits per heavy atom. The first-order valence-corrected chi connectivity index (χ1v) is 38.9. The molecule has 0 aliphatic heterocycles. The van der Waals surface area contributed by atoms with E-state index in [0.717, 1.165) is 0 Å². The molecule has 0 saturated carbocycles. The van der Waals surface area contributed by atoms with Gasteiger partial charge in [-0.15, -0.1) is 0 Å². The number of quaternary nitrogens is 2. The topological polar surface area (TPSA) is 0 Å². The van der Waals surface area contributed by atoms with Crippen molar-refractivity contribution in [1.82, 2.24) is 0 Å². The predicted octanol–water partition coefficient (Wildman–Crippen LogP) is -11.8. The number of aryl methyl sites for hydroxylation is 2. The molecule has 2 nitrogen and oxygen atoms in total. The first-order chi connectivity index (χ1) is 34.8. The van der Waals surface area contributed by atoms with Gasteiger partial charge in [0.1, 0.15) is 0 Å². The molecule has 0 spiro atoms. The van der Waals surface area contributed by atoms with Crippen molar-refractivity contribution in [3.8, 4) is 0 Å². The predicted molar refractivity (Wildman–Crippen MR) is 363 cm³/mol. The summed E-state index contributed by atoms with van der Waals surface area (Å²) in [5.74, 6) is 0. The Labute approximate surface area is 699 Å². The van der Waals surface area contributed by atoms with Crippen LogP contribution in [-0.2, 0) is 81.7 Å². The van der Waals surface area contributed by atoms with Crippen molar-refractivity contribution in [2.24, 2.45) is 0 Å². The maximum atomic E-state index is 2.33. The van der Waals surface area contributed by atoms with Gasteiger partial charge < -0.3 is 209 Å². The van der Waals surface area contributed by atoms with Gasteiger partial charge in [-0.3, -0.25) is 0 Å². The van der Waals surface area contributed by atoms with E-state index in [9.17, 15) is 0 Å². The molecular formula is C64H142Cl12N2P6Re4-16. The molecule has 0 N–H and O–H groups in total. The third-order valence-electron chi connectivity index (χ3n) is 12.0. The van der Waals surface area contributed by atoms with Crippen molar-refractivity contribution in [2.45, 2.75) is 255 Å². The maximum Gasteiger partial charge on any atom is 0.0786 e. The fourth-order valence-electron chi connectivity index (χ4n) is 7.29. The van der Waals surface area contributed by atoms with E-state index in [1.807, 2.05) is 0 Å². The summed E-state index contributed by atoms with van der Waals surface area (Å²) in [4.78, 5) is 0. The van der Waals surface area contributed by atoms with Crippen molar-refractivity contribution in [2.75, 3.05) is 126 Å². The molecule has 88 heavy (non-hydrogen) atoms. The molecule has 0 fully saturated rings. The van der Waals surface area contributed by atoms with Gasteiger partial charge >= 0.3 is 0 Å². The van der Waals surface area contributed by atoms with E-state index in [0.29, 0.717) is 0 Å². The van der Waals surface area contributed by atoms with Gasteiger partial charge in [-0.1, -0.05) is 214 Å². The molecule has 0 aliphatic rings. The van der Waals surface area contributed by atoms with Gasteiger partial charge in [0.25, 0.3) is 0 Å². The fourth-order valence-corrected chi connectivity index (χ4v) is 9.98. The standard InChI is InChI=1S/2C16H36N.C8H10.6C4H10P.12ClH.4Re/c2*1-5-9-13-17(14-10-6-2,15-11-7-3)16-12-8-4;1-7-5-3-4-6-8(7)2;6*1-3-5-4-2;;;;;;;;;;;;;;;;/h2*5-16H2,1-4H3;3-6H,1-2H3;6*3-4H2,1-2H3;12*1H;;;;/q2*+1;;6*-1;;;;;;;;;;;;;;;;/p-12. The van der Waals surface area contributed by atoms with Gasteiger partial charge in [0.15, 0.2) is 0 Å². The Kier molecular flexibility index (Phi) is 307. The van der Waals surface area contributed by atoms with E-state index < -0.39 is 0 Å². The van der Waals surface area contributed by atoms with Crippen LogP contribution in [0.3, 0.4) is 0 Å². The second-order valence-electron chi connectivity index (χ2n) is 18.5. The van der Waals surface area contributed by atoms with Crippen molar-refractivity contribution in [1.29, 1.82) is 0 Å². The number of unbranched alkanes of at least 4 members (excludes halogenated alkanes) is 8. The SMILES string of the molecule is CCCC[N+](CCCC)(CCCC)CCCC.CCCC[N+](CCCC)(CCCC)CCCC.CC[P-]CC.CC[P-]CC.CC[P-]CC.CC[P-]CC.CC[P-]CC.CC[P-]CC.Cc1ccccc1C.[Cl-].[Cl-].[Cl-].[Cl-].[Cl-].[Cl-].[Cl-].[Cl-].[Cl-].[Cl-].[Cl-].[Cl-].[Re].[Re].[Re].[Re]. The summed E-state index contributed by atoms with van der Waals surface area (Å²) in [6.07, 6.45) is 37.9. The number of nitrogens with zero attached hydrogens (tertiary/aromatic N) is 2. The van der Waals surface area contributed by atoms with E-state index in [1.54, 1.807) is 51.5 Å². The summed E-state index contributed by atoms with van der Waals surface area (Å²) >= 11 is 0. The fraction of sp³-hybridized carbons (Fsp3) is 0.906. The maximum absolute atomic E-state index is 2.33. The Morgan fingerprint density at radius 2 is 0.318 bits per heavy atom. The first kappa shape index (κ1) is 167. The molecule has 0 unspecified atom stereocenters. The summed E-state index contributed by atoms with van der Waals surface area (Å²) in [5.41, 5.74) is 2.74. The minimum Gasteiger partial charge on any atom is -1.00 e. The summed E-state index contributed by atoms with van der Waals surface area (Å²) in [5, 5.41) is 0. The molecule has 0 aliphatic carbocycles. The number of halogens is 12. The summed E-state index contributed by atoms with van der Waals surface area (Å²) in [7, 11) is 9.48. The van der Waals surface area contributed by atoms with Crippen LogP contribution in [0.5, 0.6) is 0 Å². The van der Waals surface area contributed by atoms with Crippen LogP contribution in [0.1, 0.15) is 252 Å². The minimum absolute atomic E-state index is 0. The third-order valence-corrected chi connectivity index (χ3v) is 17.4. The molecule has 0 atom stereocenters. The Bertz CT molecular complexity index is 851. The monoisotopic (exact) mass is 2290 g/mol. The Hall–Kier alpha value is 7.85. The van der Waals surface area contributed by atoms with Crippen LogP contribution in [0, 0.1) is 13.8 Å². The molecule has 4 radical (unpaired) electrons. The third kappa shape index (κ3) is 161. The van der Waals surface area contributed by atoms with E-state index >= 15 is 0 Å². The summed E-state index contributed by atoms with van der Waals surface area (Å²) in [6, 6.07) is 8.36. The molecule has 24 heteroatoms. The average Bonchev–Trinajstić information content (AvgIpc) is 3.39. The van der Waals surface area contributed by atoms with Gasteiger partial charge in [0.05, 0.1) is 52.4 Å². The van der Waals surface area contributed by atoms with Crippen molar-refractivity contribution in [3.63, 3.8) is 0 Å². The number of hydrogen-bond acceptors (Lipinski definition) is 0. The van der Waals surface area contributed by atoms with E-state index in [2.05, 4.69) is 177 Å². The van der Waals surface area contributed by atoms with Crippen LogP contribution in [-0.4, -0.2) is 135 Å². The molecule has 0 bridgehead atoms. The summed E-state index contributed by atoms with van der Waals surface area (Å²) < 4.78 is 2.84. The molecule has 566 valence electrons. The first-order valence-electron chi connectivity index (χ1n) is 31.3. The second kappa shape index (κ2) is 162. The zero-order chi connectivity index (χ0) is 56.7. The van der Waals surface area contributed by atoms with Crippen LogP contribution in [0.2, 0.25) is 0 Å². The molecule has 0 saturated heterocycles. The average molecular weight is 2300 g/mol. The Morgan fingerprint density at radius 1 is 0.216 bits per heavy atom. The molecular weight excluding hydrogens is 2150 g/mol. The largest absolute Gasteiger partial charge is 1.00 e. The van der Waals surface area contributed by atoms with Crippen molar-refractivity contribution >= 4 is 51.5 Å². The van der Waals surface area contributed by atoms with Gasteiger partial charge in [-0.2, -0.15) is 73.9 Å². The molecule has 1 aromatic rings. The molecule has 1 aromatic carbocycles. The summed E-state index contributed by atoms with van der Waals surface area (Å²) in [6.45, 7) is 60.7. The van der Waals surface area contributed by atoms with Crippen LogP contribution in [0.25, 0.3) is 0 Å². The van der Waals surface area contributed by atoms with Gasteiger partial charge in [-0.05, 0) is 76.3 Å². The van der Waals surface area contributed by atoms with E-state index in [-0.39, 0.29) is 231 Å². The van der Waals surface area contributed by atoms with Crippen LogP contribution in [0.4, 0.5) is 0 Å². The van der Waals surface area contributed by atoms with Gasteiger partial charge in [0.2, 0.25) is 0 Å². The van der Waals surface area contributed by atoms with E-state index in [1.165, 1.54) is 249 Å². The molecule has 0 heterocycles. The van der Waals surface area contributed by atoms with Crippen molar-refractivity contribution in [3.05, 3.63) is 35.4 Å². The number of rotatable bonds is 36. The van der Waals surface area contributed by atoms with Crippen molar-refractivity contribution < 1.29 is 240 Å². The minimum atomic E-state index is 0. The number of benzene rings is 1. The normalized spacial score (nSPS) is 8.34. The van der Waals surface area contributed by atoms with Crippen LogP contribution >= 0.6 is 51.5 Å². The molecule has 0 aromatic heterocycles. The smallest absolute Gasteiger partial charge is 0.0786 e. The zero-order valence-electron chi connectivity index (χ0n) is 60.4. The molecule has 1 rings (SSSR count). The Balaban J connectivity index is -0.0000000244. The van der Waals surface area contributed by atoms with Gasteiger partial charge in [0, 0.05) is 81.7 Å². The van der Waals surface area contributed by atoms with Crippen LogP contribution < -0.4 is 149 Å². The van der Waals surface area contributed by atoms with Gasteiger partial charge in [-0.25, -0.2) is 0 Å². The zero-order valence-corrected chi connectivity index (χ0v) is 85.7. The van der Waals surface area contributed by atoms with E-state index in [4.69, 9.17) is 0 Å².